The molecule has 20 heavy (non-hydrogen) atoms. The van der Waals surface area contributed by atoms with Gasteiger partial charge in [0.1, 0.15) is 12.4 Å². The third kappa shape index (κ3) is 3.68. The Hall–Kier alpha value is -2.62. The fourth-order valence-corrected chi connectivity index (χ4v) is 1.74. The molecule has 0 heterocycles. The van der Waals surface area contributed by atoms with Crippen molar-refractivity contribution in [3.05, 3.63) is 65.7 Å². The van der Waals surface area contributed by atoms with Crippen LogP contribution in [0.3, 0.4) is 0 Å². The number of carbonyl (C=O) groups excluding carboxylic acids is 2. The van der Waals surface area contributed by atoms with E-state index in [9.17, 15) is 9.59 Å². The van der Waals surface area contributed by atoms with Crippen LogP contribution in [0.5, 0.6) is 5.75 Å². The fourth-order valence-electron chi connectivity index (χ4n) is 1.74. The molecule has 0 fully saturated rings. The smallest absolute Gasteiger partial charge is 0.261 e. The van der Waals surface area contributed by atoms with E-state index in [1.807, 2.05) is 30.3 Å². The van der Waals surface area contributed by atoms with Gasteiger partial charge in [-0.2, -0.15) is 0 Å². The van der Waals surface area contributed by atoms with Gasteiger partial charge in [-0.3, -0.25) is 14.9 Å². The highest BCUT2D eigenvalue weighted by atomic mass is 16.5. The lowest BCUT2D eigenvalue weighted by Gasteiger charge is -2.10. The van der Waals surface area contributed by atoms with Crippen LogP contribution in [0.15, 0.2) is 54.6 Å². The summed E-state index contributed by atoms with van der Waals surface area (Å²) < 4.78 is 5.65. The van der Waals surface area contributed by atoms with E-state index in [2.05, 4.69) is 5.32 Å². The number of carbonyl (C=O) groups is 2. The van der Waals surface area contributed by atoms with Crippen molar-refractivity contribution in [1.82, 2.24) is 5.32 Å². The summed E-state index contributed by atoms with van der Waals surface area (Å²) in [6.45, 7) is 1.66. The predicted molar refractivity (Wildman–Crippen MR) is 75.4 cm³/mol. The number of amides is 2. The Bertz CT molecular complexity index is 608. The van der Waals surface area contributed by atoms with Crippen LogP contribution in [-0.4, -0.2) is 11.8 Å². The van der Waals surface area contributed by atoms with Crippen LogP contribution in [0.2, 0.25) is 0 Å². The largest absolute Gasteiger partial charge is 0.488 e. The lowest BCUT2D eigenvalue weighted by molar-refractivity contribution is -0.118. The molecule has 0 aliphatic rings. The lowest BCUT2D eigenvalue weighted by Crippen LogP contribution is -2.28. The first-order valence-corrected chi connectivity index (χ1v) is 6.24. The summed E-state index contributed by atoms with van der Waals surface area (Å²) in [7, 11) is 0. The summed E-state index contributed by atoms with van der Waals surface area (Å²) in [5.74, 6) is -0.399. The lowest BCUT2D eigenvalue weighted by atomic mass is 10.2. The Morgan fingerprint density at radius 2 is 1.65 bits per heavy atom. The van der Waals surface area contributed by atoms with Gasteiger partial charge in [0.25, 0.3) is 5.91 Å². The average Bonchev–Trinajstić information content (AvgIpc) is 2.46. The molecule has 0 saturated heterocycles. The number of hydrogen-bond donors (Lipinski definition) is 1. The van der Waals surface area contributed by atoms with Gasteiger partial charge in [-0.1, -0.05) is 42.5 Å². The SMILES string of the molecule is CC(=O)NC(=O)c1ccccc1OCc1ccccc1. The highest BCUT2D eigenvalue weighted by molar-refractivity contribution is 6.05. The van der Waals surface area contributed by atoms with Gasteiger partial charge >= 0.3 is 0 Å². The summed E-state index contributed by atoms with van der Waals surface area (Å²) in [5.41, 5.74) is 1.35. The van der Waals surface area contributed by atoms with Crippen molar-refractivity contribution in [2.24, 2.45) is 0 Å². The van der Waals surface area contributed by atoms with Gasteiger partial charge in [-0.25, -0.2) is 0 Å². The number of hydrogen-bond acceptors (Lipinski definition) is 3. The Morgan fingerprint density at radius 1 is 1.00 bits per heavy atom. The molecule has 4 heteroatoms. The molecule has 2 aromatic rings. The Morgan fingerprint density at radius 3 is 2.35 bits per heavy atom. The molecule has 0 spiro atoms. The molecule has 0 aromatic heterocycles. The van der Waals surface area contributed by atoms with Gasteiger partial charge in [0.05, 0.1) is 5.56 Å². The highest BCUT2D eigenvalue weighted by Crippen LogP contribution is 2.19. The standard InChI is InChI=1S/C16H15NO3/c1-12(18)17-16(19)14-9-5-6-10-15(14)20-11-13-7-3-2-4-8-13/h2-10H,11H2,1H3,(H,17,18,19). The minimum absolute atomic E-state index is 0.346. The minimum atomic E-state index is -0.457. The van der Waals surface area contributed by atoms with Crippen LogP contribution in [0, 0.1) is 0 Å². The number of benzene rings is 2. The second-order valence-electron chi connectivity index (χ2n) is 4.28. The summed E-state index contributed by atoms with van der Waals surface area (Å²) in [6.07, 6.45) is 0. The van der Waals surface area contributed by atoms with Crippen LogP contribution in [0.4, 0.5) is 0 Å². The van der Waals surface area contributed by atoms with Gasteiger partial charge in [0, 0.05) is 6.92 Å². The van der Waals surface area contributed by atoms with Crippen LogP contribution < -0.4 is 10.1 Å². The van der Waals surface area contributed by atoms with E-state index in [0.29, 0.717) is 17.9 Å². The van der Waals surface area contributed by atoms with Crippen molar-refractivity contribution >= 4 is 11.8 Å². The molecule has 2 aromatic carbocycles. The molecular formula is C16H15NO3. The topological polar surface area (TPSA) is 55.4 Å². The number of nitrogens with one attached hydrogen (secondary N) is 1. The van der Waals surface area contributed by atoms with Crippen molar-refractivity contribution < 1.29 is 14.3 Å². The molecule has 0 unspecified atom stereocenters. The summed E-state index contributed by atoms with van der Waals surface area (Å²) >= 11 is 0. The zero-order valence-corrected chi connectivity index (χ0v) is 11.1. The summed E-state index contributed by atoms with van der Waals surface area (Å²) in [4.78, 5) is 22.8. The molecule has 0 saturated carbocycles. The third-order valence-electron chi connectivity index (χ3n) is 2.66. The molecule has 0 aliphatic heterocycles. The molecule has 1 N–H and O–H groups in total. The summed E-state index contributed by atoms with van der Waals surface area (Å²) in [6, 6.07) is 16.5. The average molecular weight is 269 g/mol. The van der Waals surface area contributed by atoms with Crippen LogP contribution in [0.1, 0.15) is 22.8 Å². The predicted octanol–water partition coefficient (Wildman–Crippen LogP) is 2.54. The van der Waals surface area contributed by atoms with Crippen molar-refractivity contribution in [3.63, 3.8) is 0 Å². The van der Waals surface area contributed by atoms with Gasteiger partial charge < -0.3 is 4.74 Å². The van der Waals surface area contributed by atoms with Crippen molar-refractivity contribution in [3.8, 4) is 5.75 Å². The summed E-state index contributed by atoms with van der Waals surface area (Å²) in [5, 5.41) is 2.24. The van der Waals surface area contributed by atoms with E-state index in [-0.39, 0.29) is 0 Å². The molecule has 102 valence electrons. The van der Waals surface area contributed by atoms with Gasteiger partial charge in [-0.15, -0.1) is 0 Å². The van der Waals surface area contributed by atoms with E-state index < -0.39 is 11.8 Å². The number of para-hydroxylation sites is 1. The zero-order valence-electron chi connectivity index (χ0n) is 11.1. The van der Waals surface area contributed by atoms with Crippen molar-refractivity contribution in [1.29, 1.82) is 0 Å². The maximum atomic E-state index is 11.9. The molecule has 2 amide bonds. The molecule has 0 bridgehead atoms. The monoisotopic (exact) mass is 269 g/mol. The van der Waals surface area contributed by atoms with Gasteiger partial charge in [-0.05, 0) is 17.7 Å². The molecule has 4 nitrogen and oxygen atoms in total. The quantitative estimate of drug-likeness (QED) is 0.928. The Balaban J connectivity index is 2.12. The van der Waals surface area contributed by atoms with E-state index in [4.69, 9.17) is 4.74 Å². The maximum absolute atomic E-state index is 11.9. The van der Waals surface area contributed by atoms with Crippen LogP contribution >= 0.6 is 0 Å². The highest BCUT2D eigenvalue weighted by Gasteiger charge is 2.13. The first-order valence-electron chi connectivity index (χ1n) is 6.24. The Kier molecular flexibility index (Phi) is 4.50. The van der Waals surface area contributed by atoms with E-state index >= 15 is 0 Å². The molecule has 0 aliphatic carbocycles. The van der Waals surface area contributed by atoms with Crippen LogP contribution in [0.25, 0.3) is 0 Å². The fraction of sp³-hybridized carbons (Fsp3) is 0.125. The first kappa shape index (κ1) is 13.8. The maximum Gasteiger partial charge on any atom is 0.261 e. The molecule has 0 atom stereocenters. The molecular weight excluding hydrogens is 254 g/mol. The second kappa shape index (κ2) is 6.52. The van der Waals surface area contributed by atoms with E-state index in [0.717, 1.165) is 5.56 Å². The number of ether oxygens (including phenoxy) is 1. The van der Waals surface area contributed by atoms with Crippen molar-refractivity contribution in [2.75, 3.05) is 0 Å². The normalized spacial score (nSPS) is 9.85. The molecule has 2 rings (SSSR count). The zero-order chi connectivity index (χ0) is 14.4. The minimum Gasteiger partial charge on any atom is -0.488 e. The van der Waals surface area contributed by atoms with E-state index in [1.54, 1.807) is 24.3 Å². The van der Waals surface area contributed by atoms with Gasteiger partial charge in [0.2, 0.25) is 5.91 Å². The van der Waals surface area contributed by atoms with Gasteiger partial charge in [0.15, 0.2) is 0 Å². The van der Waals surface area contributed by atoms with Crippen molar-refractivity contribution in [2.45, 2.75) is 13.5 Å². The van der Waals surface area contributed by atoms with E-state index in [1.165, 1.54) is 6.92 Å². The molecule has 0 radical (unpaired) electrons. The third-order valence-corrected chi connectivity index (χ3v) is 2.66. The number of rotatable bonds is 4. The first-order chi connectivity index (χ1) is 9.66. The second-order valence-corrected chi connectivity index (χ2v) is 4.28. The number of imide groups is 1. The Labute approximate surface area is 117 Å². The van der Waals surface area contributed by atoms with Crippen LogP contribution in [-0.2, 0) is 11.4 Å².